The highest BCUT2D eigenvalue weighted by molar-refractivity contribution is 7.07. The fourth-order valence-corrected chi connectivity index (χ4v) is 4.97. The third kappa shape index (κ3) is 3.62. The molecule has 1 aromatic heterocycles. The average molecular weight is 334 g/mol. The predicted octanol–water partition coefficient (Wildman–Crippen LogP) is 2.79. The Morgan fingerprint density at radius 3 is 3.00 bits per heavy atom. The number of likely N-dealkylation sites (tertiary alicyclic amines) is 1. The predicted molar refractivity (Wildman–Crippen MR) is 91.4 cm³/mol. The normalized spacial score (nSPS) is 32.1. The molecule has 0 unspecified atom stereocenters. The molecule has 1 amide bonds. The van der Waals surface area contributed by atoms with E-state index >= 15 is 0 Å². The lowest BCUT2D eigenvalue weighted by atomic mass is 9.91. The molecule has 0 radical (unpaired) electrons. The standard InChI is InChI=1S/C18H26N2O2S/c21-18(19-15-3-1-2-4-15)16-9-14-5-7-20(11-17(14)22-16)10-13-6-8-23-12-13/h6,8,12,14-17H,1-5,7,9-11H2,(H,19,21)/t14-,16-,17+/m0/s1. The van der Waals surface area contributed by atoms with Crippen molar-refractivity contribution in [3.63, 3.8) is 0 Å². The second-order valence-corrected chi connectivity index (χ2v) is 8.08. The van der Waals surface area contributed by atoms with Gasteiger partial charge in [0, 0.05) is 19.1 Å². The molecule has 126 valence electrons. The summed E-state index contributed by atoms with van der Waals surface area (Å²) in [6, 6.07) is 2.59. The van der Waals surface area contributed by atoms with Crippen molar-refractivity contribution in [2.24, 2.45) is 5.92 Å². The number of carbonyl (C=O) groups is 1. The van der Waals surface area contributed by atoms with Gasteiger partial charge in [-0.25, -0.2) is 0 Å². The molecule has 1 saturated carbocycles. The zero-order chi connectivity index (χ0) is 15.6. The average Bonchev–Trinajstić information content (AvgIpc) is 3.27. The first-order chi connectivity index (χ1) is 11.3. The van der Waals surface area contributed by atoms with Gasteiger partial charge in [-0.3, -0.25) is 9.69 Å². The molecule has 3 fully saturated rings. The Labute approximate surface area is 142 Å². The number of carbonyl (C=O) groups excluding carboxylic acids is 1. The van der Waals surface area contributed by atoms with Crippen LogP contribution in [-0.4, -0.2) is 42.1 Å². The van der Waals surface area contributed by atoms with Crippen molar-refractivity contribution >= 4 is 17.2 Å². The topological polar surface area (TPSA) is 41.6 Å². The fourth-order valence-electron chi connectivity index (χ4n) is 4.31. The quantitative estimate of drug-likeness (QED) is 0.920. The van der Waals surface area contributed by atoms with Crippen LogP contribution in [0.25, 0.3) is 0 Å². The van der Waals surface area contributed by atoms with Crippen molar-refractivity contribution < 1.29 is 9.53 Å². The first kappa shape index (κ1) is 15.6. The number of thiophene rings is 1. The van der Waals surface area contributed by atoms with Crippen LogP contribution in [0.4, 0.5) is 0 Å². The van der Waals surface area contributed by atoms with Crippen molar-refractivity contribution in [2.45, 2.75) is 63.3 Å². The second kappa shape index (κ2) is 6.91. The molecule has 3 aliphatic rings. The van der Waals surface area contributed by atoms with E-state index < -0.39 is 0 Å². The maximum Gasteiger partial charge on any atom is 0.249 e. The monoisotopic (exact) mass is 334 g/mol. The Kier molecular flexibility index (Phi) is 4.69. The fraction of sp³-hybridized carbons (Fsp3) is 0.722. The van der Waals surface area contributed by atoms with Crippen LogP contribution >= 0.6 is 11.3 Å². The highest BCUT2D eigenvalue weighted by Gasteiger charge is 2.42. The van der Waals surface area contributed by atoms with Gasteiger partial charge >= 0.3 is 0 Å². The molecule has 0 bridgehead atoms. The largest absolute Gasteiger partial charge is 0.364 e. The van der Waals surface area contributed by atoms with E-state index in [0.717, 1.165) is 45.3 Å². The van der Waals surface area contributed by atoms with Crippen LogP contribution in [-0.2, 0) is 16.1 Å². The molecule has 2 aliphatic heterocycles. The third-order valence-corrected chi connectivity index (χ3v) is 6.35. The zero-order valence-corrected chi connectivity index (χ0v) is 14.4. The summed E-state index contributed by atoms with van der Waals surface area (Å²) in [5, 5.41) is 7.56. The first-order valence-corrected chi connectivity index (χ1v) is 9.91. The Balaban J connectivity index is 1.29. The van der Waals surface area contributed by atoms with Crippen LogP contribution in [0.2, 0.25) is 0 Å². The summed E-state index contributed by atoms with van der Waals surface area (Å²) in [5.41, 5.74) is 1.39. The van der Waals surface area contributed by atoms with Crippen molar-refractivity contribution in [1.82, 2.24) is 10.2 Å². The zero-order valence-electron chi connectivity index (χ0n) is 13.6. The van der Waals surface area contributed by atoms with E-state index in [-0.39, 0.29) is 18.1 Å². The molecule has 0 aromatic carbocycles. The minimum Gasteiger partial charge on any atom is -0.364 e. The summed E-state index contributed by atoms with van der Waals surface area (Å²) >= 11 is 1.76. The summed E-state index contributed by atoms with van der Waals surface area (Å²) in [4.78, 5) is 14.9. The molecule has 2 saturated heterocycles. The molecule has 23 heavy (non-hydrogen) atoms. The number of hydrogen-bond donors (Lipinski definition) is 1. The molecule has 3 atom stereocenters. The summed E-state index contributed by atoms with van der Waals surface area (Å²) in [6.07, 6.45) is 6.86. The number of fused-ring (bicyclic) bond motifs is 1. The van der Waals surface area contributed by atoms with Gasteiger partial charge < -0.3 is 10.1 Å². The van der Waals surface area contributed by atoms with Gasteiger partial charge in [-0.1, -0.05) is 12.8 Å². The van der Waals surface area contributed by atoms with E-state index in [2.05, 4.69) is 27.0 Å². The molecule has 4 nitrogen and oxygen atoms in total. The van der Waals surface area contributed by atoms with Gasteiger partial charge in [0.2, 0.25) is 5.91 Å². The lowest BCUT2D eigenvalue weighted by Gasteiger charge is -2.33. The highest BCUT2D eigenvalue weighted by atomic mass is 32.1. The molecule has 1 aromatic rings. The van der Waals surface area contributed by atoms with Crippen molar-refractivity contribution in [3.8, 4) is 0 Å². The van der Waals surface area contributed by atoms with Gasteiger partial charge in [0.05, 0.1) is 6.10 Å². The van der Waals surface area contributed by atoms with Gasteiger partial charge in [-0.15, -0.1) is 0 Å². The summed E-state index contributed by atoms with van der Waals surface area (Å²) in [6.45, 7) is 3.10. The van der Waals surface area contributed by atoms with Gasteiger partial charge in [0.15, 0.2) is 0 Å². The van der Waals surface area contributed by atoms with E-state index in [1.165, 1.54) is 18.4 Å². The molecule has 1 aliphatic carbocycles. The van der Waals surface area contributed by atoms with Gasteiger partial charge in [0.25, 0.3) is 0 Å². The SMILES string of the molecule is O=C(NC1CCCC1)[C@@H]1C[C@@H]2CCN(Cc3ccsc3)C[C@H]2O1. The number of ether oxygens (including phenoxy) is 1. The summed E-state index contributed by atoms with van der Waals surface area (Å²) in [5.74, 6) is 0.698. The Hall–Kier alpha value is -0.910. The maximum atomic E-state index is 12.4. The molecular formula is C18H26N2O2S. The Morgan fingerprint density at radius 1 is 1.35 bits per heavy atom. The van der Waals surface area contributed by atoms with Crippen LogP contribution in [0.5, 0.6) is 0 Å². The summed E-state index contributed by atoms with van der Waals surface area (Å²) < 4.78 is 6.14. The minimum atomic E-state index is -0.216. The molecule has 5 heteroatoms. The third-order valence-electron chi connectivity index (χ3n) is 5.62. The Bertz CT molecular complexity index is 527. The number of nitrogens with zero attached hydrogens (tertiary/aromatic N) is 1. The van der Waals surface area contributed by atoms with Gasteiger partial charge in [-0.2, -0.15) is 11.3 Å². The molecule has 1 N–H and O–H groups in total. The van der Waals surface area contributed by atoms with Crippen LogP contribution in [0.3, 0.4) is 0 Å². The van der Waals surface area contributed by atoms with Crippen LogP contribution in [0, 0.1) is 5.92 Å². The van der Waals surface area contributed by atoms with E-state index in [0.29, 0.717) is 12.0 Å². The summed E-state index contributed by atoms with van der Waals surface area (Å²) in [7, 11) is 0. The number of amides is 1. The first-order valence-electron chi connectivity index (χ1n) is 8.97. The number of hydrogen-bond acceptors (Lipinski definition) is 4. The smallest absolute Gasteiger partial charge is 0.249 e. The van der Waals surface area contributed by atoms with Crippen molar-refractivity contribution in [3.05, 3.63) is 22.4 Å². The molecule has 0 spiro atoms. The van der Waals surface area contributed by atoms with Crippen molar-refractivity contribution in [2.75, 3.05) is 13.1 Å². The van der Waals surface area contributed by atoms with E-state index in [1.807, 2.05) is 0 Å². The van der Waals surface area contributed by atoms with E-state index in [9.17, 15) is 4.79 Å². The number of piperidine rings is 1. The van der Waals surface area contributed by atoms with E-state index in [1.54, 1.807) is 11.3 Å². The molecule has 3 heterocycles. The molecule has 4 rings (SSSR count). The van der Waals surface area contributed by atoms with Crippen LogP contribution in [0.15, 0.2) is 16.8 Å². The van der Waals surface area contributed by atoms with E-state index in [4.69, 9.17) is 4.74 Å². The molecular weight excluding hydrogens is 308 g/mol. The van der Waals surface area contributed by atoms with Gasteiger partial charge in [-0.05, 0) is 60.5 Å². The number of nitrogens with one attached hydrogen (secondary N) is 1. The van der Waals surface area contributed by atoms with Crippen LogP contribution < -0.4 is 5.32 Å². The van der Waals surface area contributed by atoms with Crippen molar-refractivity contribution in [1.29, 1.82) is 0 Å². The minimum absolute atomic E-state index is 0.135. The lowest BCUT2D eigenvalue weighted by molar-refractivity contribution is -0.133. The second-order valence-electron chi connectivity index (χ2n) is 7.30. The maximum absolute atomic E-state index is 12.4. The van der Waals surface area contributed by atoms with Crippen LogP contribution in [0.1, 0.15) is 44.1 Å². The van der Waals surface area contributed by atoms with Gasteiger partial charge in [0.1, 0.15) is 6.10 Å². The lowest BCUT2D eigenvalue weighted by Crippen LogP contribution is -2.42. The number of rotatable bonds is 4. The Morgan fingerprint density at radius 2 is 2.22 bits per heavy atom. The highest BCUT2D eigenvalue weighted by Crippen LogP contribution is 2.34.